The maximum atomic E-state index is 12.2. The molecular weight excluding hydrogens is 490 g/mol. The first-order chi connectivity index (χ1) is 16.3. The number of rotatable bonds is 8. The largest absolute Gasteiger partial charge is 0.522 e. The first kappa shape index (κ1) is 24.6. The molecule has 3 saturated carbocycles. The monoisotopic (exact) mass is 514 g/mol. The molecule has 3 aliphatic carbocycles. The van der Waals surface area contributed by atoms with Crippen molar-refractivity contribution in [1.29, 1.82) is 0 Å². The molecule has 0 atom stereocenters. The summed E-state index contributed by atoms with van der Waals surface area (Å²) in [6.45, 7) is 1.13. The fourth-order valence-electron chi connectivity index (χ4n) is 5.22. The van der Waals surface area contributed by atoms with Gasteiger partial charge in [-0.2, -0.15) is 0 Å². The second-order valence-corrected chi connectivity index (χ2v) is 9.90. The van der Waals surface area contributed by atoms with Crippen LogP contribution in [0, 0.1) is 5.41 Å². The van der Waals surface area contributed by atoms with E-state index in [9.17, 15) is 31.1 Å². The van der Waals surface area contributed by atoms with Gasteiger partial charge in [0.05, 0.1) is 18.3 Å². The second-order valence-electron chi connectivity index (χ2n) is 9.90. The minimum absolute atomic E-state index is 0.00487. The summed E-state index contributed by atoms with van der Waals surface area (Å²) in [4.78, 5) is 13.9. The molecule has 0 unspecified atom stereocenters. The summed E-state index contributed by atoms with van der Waals surface area (Å²) < 4.78 is 91.8. The van der Waals surface area contributed by atoms with E-state index in [2.05, 4.69) is 25.0 Å². The third-order valence-corrected chi connectivity index (χ3v) is 7.02. The van der Waals surface area contributed by atoms with Crippen LogP contribution in [0.1, 0.15) is 50.3 Å². The van der Waals surface area contributed by atoms with Crippen LogP contribution in [0.4, 0.5) is 32.4 Å². The zero-order valence-electron chi connectivity index (χ0n) is 18.4. The van der Waals surface area contributed by atoms with Crippen molar-refractivity contribution < 1.29 is 49.8 Å². The molecule has 1 saturated heterocycles. The third kappa shape index (κ3) is 5.82. The molecule has 5 rings (SSSR count). The van der Waals surface area contributed by atoms with Gasteiger partial charge in [-0.3, -0.25) is 14.3 Å². The Kier molecular flexibility index (Phi) is 6.15. The van der Waals surface area contributed by atoms with E-state index in [0.29, 0.717) is 25.0 Å². The molecule has 1 spiro atoms. The van der Waals surface area contributed by atoms with Crippen LogP contribution in [0.25, 0.3) is 0 Å². The van der Waals surface area contributed by atoms with Gasteiger partial charge in [-0.15, -0.1) is 31.4 Å². The van der Waals surface area contributed by atoms with Gasteiger partial charge in [0.15, 0.2) is 0 Å². The summed E-state index contributed by atoms with van der Waals surface area (Å²) in [5, 5.41) is 10.8. The van der Waals surface area contributed by atoms with Crippen LogP contribution in [0.3, 0.4) is 0 Å². The quantitative estimate of drug-likeness (QED) is 0.529. The highest BCUT2D eigenvalue weighted by Crippen LogP contribution is 2.50. The van der Waals surface area contributed by atoms with Crippen molar-refractivity contribution in [2.75, 3.05) is 24.6 Å². The van der Waals surface area contributed by atoms with Crippen molar-refractivity contribution >= 4 is 11.9 Å². The number of amides is 1. The smallest absolute Gasteiger partial charge is 0.408 e. The fourth-order valence-corrected chi connectivity index (χ4v) is 5.22. The highest BCUT2D eigenvalue weighted by Gasteiger charge is 2.54. The summed E-state index contributed by atoms with van der Waals surface area (Å²) >= 11 is 0. The van der Waals surface area contributed by atoms with Crippen molar-refractivity contribution in [1.82, 2.24) is 15.5 Å². The number of carbonyl (C=O) groups excluding carboxylic acids is 1. The molecule has 0 bridgehead atoms. The van der Waals surface area contributed by atoms with Crippen molar-refractivity contribution in [3.05, 3.63) is 5.89 Å². The third-order valence-electron chi connectivity index (χ3n) is 7.02. The zero-order valence-corrected chi connectivity index (χ0v) is 18.4. The van der Waals surface area contributed by atoms with Crippen LogP contribution in [0.15, 0.2) is 4.42 Å². The number of hydrogen-bond donors (Lipinski definition) is 1. The first-order valence-corrected chi connectivity index (χ1v) is 11.3. The second kappa shape index (κ2) is 8.76. The van der Waals surface area contributed by atoms with Crippen LogP contribution < -0.4 is 10.2 Å². The molecule has 1 aliphatic heterocycles. The molecule has 1 amide bonds. The maximum Gasteiger partial charge on any atom is 0.522 e. The molecule has 0 radical (unpaired) electrons. The molecular formula is C20H24F6N4O5. The van der Waals surface area contributed by atoms with Crippen LogP contribution in [-0.4, -0.2) is 72.9 Å². The van der Waals surface area contributed by atoms with Gasteiger partial charge in [0.25, 0.3) is 0 Å². The SMILES string of the molecule is O=C(CO[C@H]1C[C@H](OC(F)(F)F)C1)NC1CC2(C1)CN(c1nnc([C@H]3C[C@H](OC(F)(F)F)C3)o1)C2. The van der Waals surface area contributed by atoms with E-state index in [1.54, 1.807) is 0 Å². The number of ether oxygens (including phenoxy) is 3. The van der Waals surface area contributed by atoms with Crippen molar-refractivity contribution in [2.45, 2.75) is 81.5 Å². The fraction of sp³-hybridized carbons (Fsp3) is 0.850. The van der Waals surface area contributed by atoms with Crippen molar-refractivity contribution in [3.8, 4) is 0 Å². The lowest BCUT2D eigenvalue weighted by Gasteiger charge is -2.58. The van der Waals surface area contributed by atoms with Crippen molar-refractivity contribution in [3.63, 3.8) is 0 Å². The Bertz CT molecular complexity index is 914. The van der Waals surface area contributed by atoms with Gasteiger partial charge in [0.2, 0.25) is 11.8 Å². The Morgan fingerprint density at radius 3 is 2.17 bits per heavy atom. The van der Waals surface area contributed by atoms with E-state index in [-0.39, 0.29) is 55.6 Å². The summed E-state index contributed by atoms with van der Waals surface area (Å²) in [6, 6.07) is 0.328. The van der Waals surface area contributed by atoms with Gasteiger partial charge >= 0.3 is 18.7 Å². The molecule has 1 aromatic rings. The zero-order chi connectivity index (χ0) is 25.0. The lowest BCUT2D eigenvalue weighted by molar-refractivity contribution is -0.357. The molecule has 9 nitrogen and oxygen atoms in total. The molecule has 15 heteroatoms. The number of nitrogens with zero attached hydrogens (tertiary/aromatic N) is 3. The maximum absolute atomic E-state index is 12.2. The van der Waals surface area contributed by atoms with Gasteiger partial charge in [-0.05, 0) is 25.7 Å². The van der Waals surface area contributed by atoms with Gasteiger partial charge in [-0.1, -0.05) is 5.10 Å². The number of anilines is 1. The lowest BCUT2D eigenvalue weighted by Crippen LogP contribution is -2.67. The molecule has 1 N–H and O–H groups in total. The summed E-state index contributed by atoms with van der Waals surface area (Å²) in [5.41, 5.74) is 0.0334. The van der Waals surface area contributed by atoms with Gasteiger partial charge in [-0.25, -0.2) is 0 Å². The Balaban J connectivity index is 0.955. The Labute approximate surface area is 195 Å². The van der Waals surface area contributed by atoms with Crippen LogP contribution >= 0.6 is 0 Å². The number of aromatic nitrogens is 2. The Morgan fingerprint density at radius 1 is 0.971 bits per heavy atom. The molecule has 4 fully saturated rings. The van der Waals surface area contributed by atoms with Crippen LogP contribution in [0.5, 0.6) is 0 Å². The van der Waals surface area contributed by atoms with Gasteiger partial charge in [0, 0.05) is 43.3 Å². The summed E-state index contributed by atoms with van der Waals surface area (Å²) in [5.74, 6) is -0.243. The van der Waals surface area contributed by atoms with Crippen molar-refractivity contribution in [2.24, 2.45) is 5.41 Å². The van der Waals surface area contributed by atoms with E-state index in [4.69, 9.17) is 9.15 Å². The normalized spacial score (nSPS) is 30.3. The molecule has 196 valence electrons. The molecule has 1 aromatic heterocycles. The minimum Gasteiger partial charge on any atom is -0.408 e. The highest BCUT2D eigenvalue weighted by atomic mass is 19.4. The average Bonchev–Trinajstić information content (AvgIpc) is 3.07. The molecule has 2 heterocycles. The van der Waals surface area contributed by atoms with Gasteiger partial charge < -0.3 is 19.4 Å². The molecule has 0 aromatic carbocycles. The van der Waals surface area contributed by atoms with E-state index < -0.39 is 31.0 Å². The number of hydrogen-bond acceptors (Lipinski definition) is 8. The Morgan fingerprint density at radius 2 is 1.57 bits per heavy atom. The van der Waals surface area contributed by atoms with E-state index in [1.807, 2.05) is 4.90 Å². The van der Waals surface area contributed by atoms with Crippen LogP contribution in [-0.2, 0) is 19.0 Å². The molecule has 4 aliphatic rings. The minimum atomic E-state index is -4.66. The predicted molar refractivity (Wildman–Crippen MR) is 103 cm³/mol. The van der Waals surface area contributed by atoms with E-state index in [0.717, 1.165) is 12.8 Å². The highest BCUT2D eigenvalue weighted by molar-refractivity contribution is 5.77. The summed E-state index contributed by atoms with van der Waals surface area (Å²) in [7, 11) is 0. The van der Waals surface area contributed by atoms with E-state index >= 15 is 0 Å². The number of carbonyl (C=O) groups is 1. The molecule has 35 heavy (non-hydrogen) atoms. The first-order valence-electron chi connectivity index (χ1n) is 11.3. The standard InChI is InChI=1S/C20H24F6N4O5/c21-19(22,23)34-13-1-10(2-13)16-28-29-17(33-16)30-8-18(9-30)5-11(6-18)27-15(31)7-32-12-3-14(4-12)35-20(24,25)26/h10-14H,1-9H2,(H,27,31)/t10-,12-,13-,14-. The lowest BCUT2D eigenvalue weighted by atomic mass is 9.61. The van der Waals surface area contributed by atoms with E-state index in [1.165, 1.54) is 0 Å². The summed E-state index contributed by atoms with van der Waals surface area (Å²) in [6.07, 6.45) is -9.43. The number of halogens is 6. The van der Waals surface area contributed by atoms with Crippen LogP contribution in [0.2, 0.25) is 0 Å². The topological polar surface area (TPSA) is 99.0 Å². The number of nitrogens with one attached hydrogen (secondary N) is 1. The number of alkyl halides is 6. The predicted octanol–water partition coefficient (Wildman–Crippen LogP) is 3.02. The van der Waals surface area contributed by atoms with Gasteiger partial charge in [0.1, 0.15) is 6.61 Å². The Hall–Kier alpha value is -2.13. The average molecular weight is 514 g/mol.